The van der Waals surface area contributed by atoms with Crippen LogP contribution in [0.15, 0.2) is 10.5 Å². The SMILES string of the molecule is Cc1c(F)cc(Br)c(O)c1CCCCN. The van der Waals surface area contributed by atoms with Crippen molar-refractivity contribution >= 4 is 15.9 Å². The largest absolute Gasteiger partial charge is 0.506 e. The zero-order valence-corrected chi connectivity index (χ0v) is 10.3. The highest BCUT2D eigenvalue weighted by molar-refractivity contribution is 9.10. The van der Waals surface area contributed by atoms with Crippen molar-refractivity contribution < 1.29 is 9.50 Å². The Hall–Kier alpha value is -0.610. The van der Waals surface area contributed by atoms with Crippen molar-refractivity contribution in [1.29, 1.82) is 0 Å². The molecule has 0 atom stereocenters. The summed E-state index contributed by atoms with van der Waals surface area (Å²) in [5.41, 5.74) is 6.58. The van der Waals surface area contributed by atoms with E-state index in [4.69, 9.17) is 5.73 Å². The molecule has 3 N–H and O–H groups in total. The lowest BCUT2D eigenvalue weighted by molar-refractivity contribution is 0.459. The molecule has 0 spiro atoms. The van der Waals surface area contributed by atoms with Gasteiger partial charge in [0.05, 0.1) is 4.47 Å². The predicted molar refractivity (Wildman–Crippen MR) is 62.5 cm³/mol. The molecule has 15 heavy (non-hydrogen) atoms. The van der Waals surface area contributed by atoms with Gasteiger partial charge in [0.25, 0.3) is 0 Å². The van der Waals surface area contributed by atoms with E-state index in [1.54, 1.807) is 6.92 Å². The Kier molecular flexibility index (Phi) is 4.54. The van der Waals surface area contributed by atoms with Crippen LogP contribution in [0.2, 0.25) is 0 Å². The van der Waals surface area contributed by atoms with Crippen molar-refractivity contribution in [3.63, 3.8) is 0 Å². The zero-order chi connectivity index (χ0) is 11.4. The standard InChI is InChI=1S/C11H15BrFNO/c1-7-8(4-2-3-5-14)11(15)9(12)6-10(7)13/h6,15H,2-5,14H2,1H3. The average Bonchev–Trinajstić information content (AvgIpc) is 2.20. The lowest BCUT2D eigenvalue weighted by Crippen LogP contribution is -2.01. The molecule has 0 heterocycles. The summed E-state index contributed by atoms with van der Waals surface area (Å²) < 4.78 is 13.8. The quantitative estimate of drug-likeness (QED) is 0.831. The fourth-order valence-corrected chi connectivity index (χ4v) is 1.95. The van der Waals surface area contributed by atoms with E-state index in [0.717, 1.165) is 12.8 Å². The Bertz CT molecular complexity index is 329. The van der Waals surface area contributed by atoms with Gasteiger partial charge in [0.1, 0.15) is 11.6 Å². The number of benzene rings is 1. The van der Waals surface area contributed by atoms with Gasteiger partial charge in [0, 0.05) is 5.56 Å². The average molecular weight is 276 g/mol. The summed E-state index contributed by atoms with van der Waals surface area (Å²) in [7, 11) is 0. The van der Waals surface area contributed by atoms with Crippen LogP contribution in [0.5, 0.6) is 5.75 Å². The van der Waals surface area contributed by atoms with Crippen molar-refractivity contribution in [1.82, 2.24) is 0 Å². The predicted octanol–water partition coefficient (Wildman–Crippen LogP) is 2.88. The molecule has 0 radical (unpaired) electrons. The number of nitrogens with two attached hydrogens (primary N) is 1. The molecule has 0 amide bonds. The Labute approximate surface area is 97.4 Å². The van der Waals surface area contributed by atoms with Crippen LogP contribution in [-0.4, -0.2) is 11.7 Å². The highest BCUT2D eigenvalue weighted by atomic mass is 79.9. The normalized spacial score (nSPS) is 10.7. The van der Waals surface area contributed by atoms with E-state index < -0.39 is 0 Å². The van der Waals surface area contributed by atoms with Crippen molar-refractivity contribution in [2.45, 2.75) is 26.2 Å². The molecule has 1 aromatic carbocycles. The Morgan fingerprint density at radius 2 is 2.13 bits per heavy atom. The molecular weight excluding hydrogens is 261 g/mol. The van der Waals surface area contributed by atoms with Crippen LogP contribution < -0.4 is 5.73 Å². The van der Waals surface area contributed by atoms with Crippen LogP contribution in [0.1, 0.15) is 24.0 Å². The third kappa shape index (κ3) is 2.92. The topological polar surface area (TPSA) is 46.2 Å². The molecular formula is C11H15BrFNO. The molecule has 0 saturated carbocycles. The molecule has 1 rings (SSSR count). The first kappa shape index (κ1) is 12.5. The minimum Gasteiger partial charge on any atom is -0.506 e. The summed E-state index contributed by atoms with van der Waals surface area (Å²) in [5.74, 6) is -0.145. The summed E-state index contributed by atoms with van der Waals surface area (Å²) in [6.07, 6.45) is 2.40. The number of halogens is 2. The number of rotatable bonds is 4. The number of hydrogen-bond acceptors (Lipinski definition) is 2. The Morgan fingerprint density at radius 1 is 1.47 bits per heavy atom. The molecule has 0 bridgehead atoms. The summed E-state index contributed by atoms with van der Waals surface area (Å²) in [5, 5.41) is 9.76. The minimum atomic E-state index is -0.289. The first-order chi connectivity index (χ1) is 7.07. The lowest BCUT2D eigenvalue weighted by Gasteiger charge is -2.10. The van der Waals surface area contributed by atoms with Gasteiger partial charge in [-0.1, -0.05) is 0 Å². The molecule has 0 aliphatic rings. The second-order valence-corrected chi connectivity index (χ2v) is 4.39. The monoisotopic (exact) mass is 275 g/mol. The Morgan fingerprint density at radius 3 is 2.73 bits per heavy atom. The van der Waals surface area contributed by atoms with Crippen LogP contribution in [0.3, 0.4) is 0 Å². The number of aromatic hydroxyl groups is 1. The third-order valence-electron chi connectivity index (χ3n) is 2.46. The molecule has 0 aliphatic heterocycles. The van der Waals surface area contributed by atoms with Gasteiger partial charge in [-0.3, -0.25) is 0 Å². The van der Waals surface area contributed by atoms with Crippen molar-refractivity contribution in [2.24, 2.45) is 5.73 Å². The zero-order valence-electron chi connectivity index (χ0n) is 8.69. The maximum absolute atomic E-state index is 13.4. The Balaban J connectivity index is 2.94. The molecule has 0 unspecified atom stereocenters. The van der Waals surface area contributed by atoms with Gasteiger partial charge >= 0.3 is 0 Å². The molecule has 0 fully saturated rings. The summed E-state index contributed by atoms with van der Waals surface area (Å²) in [6, 6.07) is 1.29. The fraction of sp³-hybridized carbons (Fsp3) is 0.455. The van der Waals surface area contributed by atoms with Gasteiger partial charge in [-0.05, 0) is 60.3 Å². The highest BCUT2D eigenvalue weighted by Crippen LogP contribution is 2.33. The van der Waals surface area contributed by atoms with Crippen LogP contribution in [0.25, 0.3) is 0 Å². The summed E-state index contributed by atoms with van der Waals surface area (Å²) >= 11 is 3.13. The number of phenols is 1. The van der Waals surface area contributed by atoms with E-state index >= 15 is 0 Å². The molecule has 2 nitrogen and oxygen atoms in total. The summed E-state index contributed by atoms with van der Waals surface area (Å²) in [4.78, 5) is 0. The van der Waals surface area contributed by atoms with Gasteiger partial charge in [-0.15, -0.1) is 0 Å². The van der Waals surface area contributed by atoms with Crippen LogP contribution >= 0.6 is 15.9 Å². The van der Waals surface area contributed by atoms with Gasteiger partial charge in [0.15, 0.2) is 0 Å². The fourth-order valence-electron chi connectivity index (χ4n) is 1.51. The smallest absolute Gasteiger partial charge is 0.133 e. The molecule has 1 aromatic rings. The second kappa shape index (κ2) is 5.47. The van der Waals surface area contributed by atoms with E-state index in [2.05, 4.69) is 15.9 Å². The number of hydrogen-bond donors (Lipinski definition) is 2. The van der Waals surface area contributed by atoms with Gasteiger partial charge < -0.3 is 10.8 Å². The lowest BCUT2D eigenvalue weighted by atomic mass is 10.0. The van der Waals surface area contributed by atoms with Crippen LogP contribution in [0, 0.1) is 12.7 Å². The van der Waals surface area contributed by atoms with E-state index in [9.17, 15) is 9.50 Å². The molecule has 0 saturated heterocycles. The molecule has 4 heteroatoms. The molecule has 0 aromatic heterocycles. The van der Waals surface area contributed by atoms with Crippen LogP contribution in [-0.2, 0) is 6.42 Å². The molecule has 84 valence electrons. The van der Waals surface area contributed by atoms with Crippen molar-refractivity contribution in [3.05, 3.63) is 27.5 Å². The number of unbranched alkanes of at least 4 members (excludes halogenated alkanes) is 1. The maximum Gasteiger partial charge on any atom is 0.133 e. The highest BCUT2D eigenvalue weighted by Gasteiger charge is 2.12. The first-order valence-electron chi connectivity index (χ1n) is 4.94. The van der Waals surface area contributed by atoms with E-state index in [-0.39, 0.29) is 11.6 Å². The molecule has 0 aliphatic carbocycles. The van der Waals surface area contributed by atoms with Crippen LogP contribution in [0.4, 0.5) is 4.39 Å². The summed E-state index contributed by atoms with van der Waals surface area (Å²) in [6.45, 7) is 2.30. The maximum atomic E-state index is 13.4. The van der Waals surface area contributed by atoms with Crippen molar-refractivity contribution in [2.75, 3.05) is 6.54 Å². The van der Waals surface area contributed by atoms with E-state index in [1.807, 2.05) is 0 Å². The van der Waals surface area contributed by atoms with E-state index in [1.165, 1.54) is 6.07 Å². The minimum absolute atomic E-state index is 0.144. The second-order valence-electron chi connectivity index (χ2n) is 3.54. The van der Waals surface area contributed by atoms with Gasteiger partial charge in [-0.2, -0.15) is 0 Å². The first-order valence-corrected chi connectivity index (χ1v) is 5.73. The van der Waals surface area contributed by atoms with E-state index in [0.29, 0.717) is 28.6 Å². The number of phenolic OH excluding ortho intramolecular Hbond substituents is 1. The van der Waals surface area contributed by atoms with Gasteiger partial charge in [-0.25, -0.2) is 4.39 Å². The third-order valence-corrected chi connectivity index (χ3v) is 3.06. The van der Waals surface area contributed by atoms with Crippen molar-refractivity contribution in [3.8, 4) is 5.75 Å². The van der Waals surface area contributed by atoms with Gasteiger partial charge in [0.2, 0.25) is 0 Å².